The summed E-state index contributed by atoms with van der Waals surface area (Å²) in [5.41, 5.74) is 1.24. The van der Waals surface area contributed by atoms with Gasteiger partial charge in [0.25, 0.3) is 5.91 Å². The molecule has 4 rings (SSSR count). The number of carbonyl (C=O) groups excluding carboxylic acids is 1. The zero-order valence-electron chi connectivity index (χ0n) is 16.1. The number of anilines is 1. The quantitative estimate of drug-likeness (QED) is 0.618. The van der Waals surface area contributed by atoms with Gasteiger partial charge >= 0.3 is 0 Å². The van der Waals surface area contributed by atoms with Gasteiger partial charge in [-0.05, 0) is 42.5 Å². The molecule has 0 saturated carbocycles. The van der Waals surface area contributed by atoms with E-state index in [9.17, 15) is 9.18 Å². The number of fused-ring (bicyclic) bond motifs is 1. The molecule has 0 radical (unpaired) electrons. The third kappa shape index (κ3) is 4.55. The van der Waals surface area contributed by atoms with E-state index in [1.54, 1.807) is 42.3 Å². The molecule has 1 amide bonds. The van der Waals surface area contributed by atoms with Crippen molar-refractivity contribution in [2.75, 3.05) is 51.4 Å². The Morgan fingerprint density at radius 2 is 2.00 bits per heavy atom. The van der Waals surface area contributed by atoms with Crippen LogP contribution in [0.2, 0.25) is 0 Å². The van der Waals surface area contributed by atoms with Crippen molar-refractivity contribution in [1.82, 2.24) is 9.88 Å². The Kier molecular flexibility index (Phi) is 6.03. The van der Waals surface area contributed by atoms with E-state index < -0.39 is 0 Å². The molecule has 0 N–H and O–H groups in total. The van der Waals surface area contributed by atoms with Gasteiger partial charge in [0, 0.05) is 31.7 Å². The average molecular weight is 415 g/mol. The highest BCUT2D eigenvalue weighted by Crippen LogP contribution is 2.30. The van der Waals surface area contributed by atoms with Crippen LogP contribution in [-0.2, 0) is 4.74 Å². The second-order valence-corrected chi connectivity index (χ2v) is 7.76. The zero-order chi connectivity index (χ0) is 20.2. The number of hydrogen-bond donors (Lipinski definition) is 0. The first-order valence-electron chi connectivity index (χ1n) is 9.46. The molecule has 1 saturated heterocycles. The van der Waals surface area contributed by atoms with Gasteiger partial charge < -0.3 is 9.47 Å². The second kappa shape index (κ2) is 8.86. The van der Waals surface area contributed by atoms with Gasteiger partial charge in [-0.3, -0.25) is 14.6 Å². The monoisotopic (exact) mass is 415 g/mol. The van der Waals surface area contributed by atoms with Crippen LogP contribution in [0, 0.1) is 5.82 Å². The average Bonchev–Trinajstić information content (AvgIpc) is 3.17. The number of halogens is 1. The van der Waals surface area contributed by atoms with Gasteiger partial charge in [0.05, 0.1) is 30.5 Å². The van der Waals surface area contributed by atoms with Gasteiger partial charge in [-0.15, -0.1) is 0 Å². The maximum absolute atomic E-state index is 13.6. The molecule has 3 aromatic rings. The summed E-state index contributed by atoms with van der Waals surface area (Å²) in [4.78, 5) is 21.8. The summed E-state index contributed by atoms with van der Waals surface area (Å²) in [6.45, 7) is 4.30. The molecule has 1 fully saturated rings. The summed E-state index contributed by atoms with van der Waals surface area (Å²) in [7, 11) is 1.59. The third-order valence-corrected chi connectivity index (χ3v) is 5.94. The number of morpholine rings is 1. The van der Waals surface area contributed by atoms with Gasteiger partial charge in [0.2, 0.25) is 0 Å². The van der Waals surface area contributed by atoms with Crippen molar-refractivity contribution in [1.29, 1.82) is 0 Å². The fraction of sp³-hybridized carbons (Fsp3) is 0.333. The van der Waals surface area contributed by atoms with E-state index in [0.717, 1.165) is 24.3 Å². The van der Waals surface area contributed by atoms with Gasteiger partial charge in [-0.1, -0.05) is 11.3 Å². The fourth-order valence-corrected chi connectivity index (χ4v) is 4.26. The minimum atomic E-state index is -0.311. The lowest BCUT2D eigenvalue weighted by Crippen LogP contribution is -2.43. The molecule has 0 unspecified atom stereocenters. The number of thiazole rings is 1. The Balaban J connectivity index is 1.61. The lowest BCUT2D eigenvalue weighted by Gasteiger charge is -2.29. The zero-order valence-corrected chi connectivity index (χ0v) is 17.0. The van der Waals surface area contributed by atoms with Crippen molar-refractivity contribution >= 4 is 32.6 Å². The smallest absolute Gasteiger partial charge is 0.260 e. The predicted octanol–water partition coefficient (Wildman–Crippen LogP) is 3.42. The minimum absolute atomic E-state index is 0.138. The molecule has 1 aromatic heterocycles. The first-order chi connectivity index (χ1) is 14.1. The normalized spacial score (nSPS) is 14.8. The molecule has 1 aliphatic heterocycles. The Morgan fingerprint density at radius 3 is 2.72 bits per heavy atom. The van der Waals surface area contributed by atoms with E-state index in [2.05, 4.69) is 9.88 Å². The highest BCUT2D eigenvalue weighted by molar-refractivity contribution is 7.22. The largest absolute Gasteiger partial charge is 0.497 e. The van der Waals surface area contributed by atoms with E-state index in [4.69, 9.17) is 9.47 Å². The Hall–Kier alpha value is -2.55. The van der Waals surface area contributed by atoms with Crippen LogP contribution < -0.4 is 9.64 Å². The number of rotatable bonds is 6. The fourth-order valence-electron chi connectivity index (χ4n) is 3.24. The number of ether oxygens (including phenoxy) is 2. The SMILES string of the molecule is COc1ccc(C(=O)N(CCN2CCOCC2)c2nc3ccc(F)cc3s2)cc1. The number of nitrogens with zero attached hydrogens (tertiary/aromatic N) is 3. The van der Waals surface area contributed by atoms with Crippen LogP contribution >= 0.6 is 11.3 Å². The maximum Gasteiger partial charge on any atom is 0.260 e. The van der Waals surface area contributed by atoms with Crippen molar-refractivity contribution in [2.24, 2.45) is 0 Å². The minimum Gasteiger partial charge on any atom is -0.497 e. The molecule has 2 heterocycles. The predicted molar refractivity (Wildman–Crippen MR) is 112 cm³/mol. The van der Waals surface area contributed by atoms with Gasteiger partial charge in [0.15, 0.2) is 5.13 Å². The van der Waals surface area contributed by atoms with Crippen molar-refractivity contribution in [2.45, 2.75) is 0 Å². The van der Waals surface area contributed by atoms with E-state index in [1.165, 1.54) is 23.5 Å². The number of methoxy groups -OCH3 is 1. The molecule has 0 aliphatic carbocycles. The Labute approximate surface area is 172 Å². The van der Waals surface area contributed by atoms with E-state index in [0.29, 0.717) is 41.7 Å². The highest BCUT2D eigenvalue weighted by atomic mass is 32.1. The van der Waals surface area contributed by atoms with Crippen LogP contribution in [0.1, 0.15) is 10.4 Å². The van der Waals surface area contributed by atoms with Crippen molar-refractivity contribution < 1.29 is 18.7 Å². The molecule has 0 spiro atoms. The van der Waals surface area contributed by atoms with Crippen LogP contribution in [0.4, 0.5) is 9.52 Å². The molecule has 0 bridgehead atoms. The summed E-state index contributed by atoms with van der Waals surface area (Å²) in [6, 6.07) is 11.5. The molecular formula is C21H22FN3O3S. The molecule has 1 aliphatic rings. The topological polar surface area (TPSA) is 54.9 Å². The molecule has 152 valence electrons. The van der Waals surface area contributed by atoms with Crippen LogP contribution in [0.5, 0.6) is 5.75 Å². The van der Waals surface area contributed by atoms with Crippen molar-refractivity contribution in [3.63, 3.8) is 0 Å². The van der Waals surface area contributed by atoms with Crippen molar-refractivity contribution in [3.8, 4) is 5.75 Å². The maximum atomic E-state index is 13.6. The third-order valence-electron chi connectivity index (χ3n) is 4.90. The lowest BCUT2D eigenvalue weighted by atomic mass is 10.2. The van der Waals surface area contributed by atoms with E-state index in [1.807, 2.05) is 0 Å². The number of carbonyl (C=O) groups is 1. The Bertz CT molecular complexity index is 987. The van der Waals surface area contributed by atoms with Crippen molar-refractivity contribution in [3.05, 3.63) is 53.8 Å². The highest BCUT2D eigenvalue weighted by Gasteiger charge is 2.23. The number of hydrogen-bond acceptors (Lipinski definition) is 6. The molecule has 0 atom stereocenters. The number of amides is 1. The van der Waals surface area contributed by atoms with Crippen LogP contribution in [0.25, 0.3) is 10.2 Å². The summed E-state index contributed by atoms with van der Waals surface area (Å²) < 4.78 is 24.9. The van der Waals surface area contributed by atoms with E-state index in [-0.39, 0.29) is 11.7 Å². The molecule has 2 aromatic carbocycles. The van der Waals surface area contributed by atoms with E-state index >= 15 is 0 Å². The number of benzene rings is 2. The summed E-state index contributed by atoms with van der Waals surface area (Å²) in [6.07, 6.45) is 0. The van der Waals surface area contributed by atoms with Gasteiger partial charge in [-0.2, -0.15) is 0 Å². The van der Waals surface area contributed by atoms with Gasteiger partial charge in [0.1, 0.15) is 11.6 Å². The van der Waals surface area contributed by atoms with Crippen LogP contribution in [0.15, 0.2) is 42.5 Å². The molecular weight excluding hydrogens is 393 g/mol. The van der Waals surface area contributed by atoms with Gasteiger partial charge in [-0.25, -0.2) is 9.37 Å². The summed E-state index contributed by atoms with van der Waals surface area (Å²) >= 11 is 1.32. The molecule has 29 heavy (non-hydrogen) atoms. The first kappa shape index (κ1) is 19.8. The summed E-state index contributed by atoms with van der Waals surface area (Å²) in [5, 5.41) is 0.569. The Morgan fingerprint density at radius 1 is 1.24 bits per heavy atom. The molecule has 6 nitrogen and oxygen atoms in total. The standard InChI is InChI=1S/C21H22FN3O3S/c1-27-17-5-2-15(3-6-17)20(26)25(9-8-24-10-12-28-13-11-24)21-23-18-7-4-16(22)14-19(18)29-21/h2-7,14H,8-13H2,1H3. The lowest BCUT2D eigenvalue weighted by molar-refractivity contribution is 0.0391. The number of aromatic nitrogens is 1. The molecule has 8 heteroatoms. The summed E-state index contributed by atoms with van der Waals surface area (Å²) in [5.74, 6) is 0.242. The second-order valence-electron chi connectivity index (χ2n) is 6.75. The van der Waals surface area contributed by atoms with Crippen LogP contribution in [0.3, 0.4) is 0 Å². The van der Waals surface area contributed by atoms with Crippen LogP contribution in [-0.4, -0.2) is 62.3 Å². The first-order valence-corrected chi connectivity index (χ1v) is 10.3.